The summed E-state index contributed by atoms with van der Waals surface area (Å²) in [6, 6.07) is 7.26. The van der Waals surface area contributed by atoms with Crippen LogP contribution in [0.15, 0.2) is 24.3 Å². The molecule has 2 N–H and O–H groups in total. The highest BCUT2D eigenvalue weighted by Crippen LogP contribution is 2.12. The molecule has 0 spiro atoms. The smallest absolute Gasteiger partial charge is 0.252 e. The molecule has 2 aromatic rings. The molecule has 100 valence electrons. The fraction of sp³-hybridized carbons (Fsp3) is 0.308. The van der Waals surface area contributed by atoms with Crippen LogP contribution < -0.4 is 5.32 Å². The topological polar surface area (TPSA) is 62.7 Å². The van der Waals surface area contributed by atoms with Crippen LogP contribution in [0.2, 0.25) is 0 Å². The van der Waals surface area contributed by atoms with Gasteiger partial charge in [0.1, 0.15) is 0 Å². The Bertz CT molecular complexity index is 659. The molecular weight excluding hydrogens is 260 g/mol. The second kappa shape index (κ2) is 5.36. The Labute approximate surface area is 116 Å². The predicted octanol–water partition coefficient (Wildman–Crippen LogP) is 2.28. The quantitative estimate of drug-likeness (QED) is 0.845. The molecule has 19 heavy (non-hydrogen) atoms. The first-order valence-electron chi connectivity index (χ1n) is 5.98. The number of benzene rings is 1. The minimum atomic E-state index is -0.218. The molecule has 0 unspecified atom stereocenters. The lowest BCUT2D eigenvalue weighted by Gasteiger charge is -2.14. The zero-order valence-electron chi connectivity index (χ0n) is 11.1. The molecule has 5 nitrogen and oxygen atoms in total. The summed E-state index contributed by atoms with van der Waals surface area (Å²) < 4.78 is 2.28. The van der Waals surface area contributed by atoms with Crippen LogP contribution in [0.1, 0.15) is 34.7 Å². The number of hydrogen-bond acceptors (Lipinski definition) is 3. The van der Waals surface area contributed by atoms with Gasteiger partial charge in [-0.05, 0) is 37.7 Å². The van der Waals surface area contributed by atoms with E-state index in [1.165, 1.54) is 0 Å². The van der Waals surface area contributed by atoms with Crippen molar-refractivity contribution < 1.29 is 4.79 Å². The molecule has 0 radical (unpaired) electrons. The Balaban J connectivity index is 2.18. The van der Waals surface area contributed by atoms with E-state index in [9.17, 15) is 4.79 Å². The average Bonchev–Trinajstić information content (AvgIpc) is 2.70. The van der Waals surface area contributed by atoms with Crippen molar-refractivity contribution in [2.24, 2.45) is 7.05 Å². The number of nitrogens with zero attached hydrogens (tertiary/aromatic N) is 2. The van der Waals surface area contributed by atoms with E-state index in [0.717, 1.165) is 5.56 Å². The second-order valence-corrected chi connectivity index (χ2v) is 4.84. The number of aromatic nitrogens is 3. The summed E-state index contributed by atoms with van der Waals surface area (Å²) >= 11 is 5.05. The number of nitrogens with one attached hydrogen (secondary N) is 2. The molecule has 0 bridgehead atoms. The van der Waals surface area contributed by atoms with Gasteiger partial charge in [-0.25, -0.2) is 0 Å². The molecule has 0 saturated carbocycles. The minimum absolute atomic E-state index is 0.112. The van der Waals surface area contributed by atoms with Gasteiger partial charge in [-0.3, -0.25) is 9.89 Å². The molecule has 6 heteroatoms. The number of hydrogen-bond donors (Lipinski definition) is 2. The first-order chi connectivity index (χ1) is 9.00. The molecule has 2 rings (SSSR count). The normalized spacial score (nSPS) is 12.2. The first-order valence-corrected chi connectivity index (χ1v) is 6.39. The Hall–Kier alpha value is -1.95. The van der Waals surface area contributed by atoms with Crippen LogP contribution in [0, 0.1) is 11.7 Å². The summed E-state index contributed by atoms with van der Waals surface area (Å²) in [5.74, 6) is 0.589. The number of aryl methyl sites for hydroxylation is 1. The van der Waals surface area contributed by atoms with Gasteiger partial charge in [0.2, 0.25) is 0 Å². The van der Waals surface area contributed by atoms with Crippen molar-refractivity contribution in [2.45, 2.75) is 19.9 Å². The van der Waals surface area contributed by atoms with Crippen molar-refractivity contribution in [1.29, 1.82) is 0 Å². The maximum atomic E-state index is 12.2. The van der Waals surface area contributed by atoms with Crippen molar-refractivity contribution in [1.82, 2.24) is 20.1 Å². The highest BCUT2D eigenvalue weighted by molar-refractivity contribution is 7.71. The third-order valence-corrected chi connectivity index (χ3v) is 3.40. The molecular formula is C13H16N4OS. The third kappa shape index (κ3) is 2.73. The highest BCUT2D eigenvalue weighted by atomic mass is 32.1. The van der Waals surface area contributed by atoms with Crippen molar-refractivity contribution in [3.63, 3.8) is 0 Å². The van der Waals surface area contributed by atoms with E-state index in [2.05, 4.69) is 15.5 Å². The fourth-order valence-corrected chi connectivity index (χ4v) is 2.05. The number of carbonyl (C=O) groups excluding carboxylic acids is 1. The largest absolute Gasteiger partial charge is 0.342 e. The maximum Gasteiger partial charge on any atom is 0.252 e. The van der Waals surface area contributed by atoms with Gasteiger partial charge in [0, 0.05) is 12.6 Å². The van der Waals surface area contributed by atoms with Gasteiger partial charge in [-0.1, -0.05) is 18.2 Å². The van der Waals surface area contributed by atoms with Gasteiger partial charge in [-0.2, -0.15) is 5.10 Å². The Morgan fingerprint density at radius 2 is 2.16 bits per heavy atom. The van der Waals surface area contributed by atoms with Crippen molar-refractivity contribution in [3.8, 4) is 0 Å². The van der Waals surface area contributed by atoms with Gasteiger partial charge < -0.3 is 9.88 Å². The van der Waals surface area contributed by atoms with Gasteiger partial charge >= 0.3 is 0 Å². The fourth-order valence-electron chi connectivity index (χ4n) is 1.91. The van der Waals surface area contributed by atoms with E-state index < -0.39 is 0 Å². The summed E-state index contributed by atoms with van der Waals surface area (Å²) in [7, 11) is 1.82. The lowest BCUT2D eigenvalue weighted by Crippen LogP contribution is -2.29. The van der Waals surface area contributed by atoms with Crippen LogP contribution in [0.4, 0.5) is 0 Å². The van der Waals surface area contributed by atoms with Crippen molar-refractivity contribution in [3.05, 3.63) is 46.0 Å². The third-order valence-electron chi connectivity index (χ3n) is 3.04. The zero-order valence-corrected chi connectivity index (χ0v) is 11.9. The monoisotopic (exact) mass is 276 g/mol. The van der Waals surface area contributed by atoms with E-state index in [4.69, 9.17) is 12.2 Å². The number of amides is 1. The predicted molar refractivity (Wildman–Crippen MR) is 75.5 cm³/mol. The summed E-state index contributed by atoms with van der Waals surface area (Å²) in [4.78, 5) is 12.2. The molecule has 0 aliphatic carbocycles. The van der Waals surface area contributed by atoms with Crippen LogP contribution in [0.3, 0.4) is 0 Å². The molecule has 0 aliphatic rings. The number of carbonyl (C=O) groups is 1. The summed E-state index contributed by atoms with van der Waals surface area (Å²) in [5.41, 5.74) is 1.62. The summed E-state index contributed by atoms with van der Waals surface area (Å²) in [5, 5.41) is 9.74. The molecule has 0 aliphatic heterocycles. The van der Waals surface area contributed by atoms with Gasteiger partial charge in [0.05, 0.1) is 6.04 Å². The van der Waals surface area contributed by atoms with Crippen LogP contribution in [-0.2, 0) is 7.05 Å². The van der Waals surface area contributed by atoms with E-state index in [-0.39, 0.29) is 11.9 Å². The van der Waals surface area contributed by atoms with Gasteiger partial charge in [0.15, 0.2) is 10.6 Å². The van der Waals surface area contributed by atoms with Crippen LogP contribution in [-0.4, -0.2) is 20.7 Å². The highest BCUT2D eigenvalue weighted by Gasteiger charge is 2.16. The van der Waals surface area contributed by atoms with Gasteiger partial charge in [0.25, 0.3) is 5.91 Å². The standard InChI is InChI=1S/C13H16N4OS/c1-8-6-4-5-7-10(8)12(18)14-9(2)11-15-16-13(19)17(11)3/h4-7,9H,1-3H3,(H,14,18)(H,16,19)/t9-/m0/s1. The number of H-pyrrole nitrogens is 1. The van der Waals surface area contributed by atoms with Crippen LogP contribution >= 0.6 is 12.2 Å². The number of rotatable bonds is 3. The first kappa shape index (κ1) is 13.5. The van der Waals surface area contributed by atoms with Crippen molar-refractivity contribution in [2.75, 3.05) is 0 Å². The molecule has 1 aromatic carbocycles. The Kier molecular flexibility index (Phi) is 3.80. The zero-order chi connectivity index (χ0) is 14.0. The SMILES string of the molecule is Cc1ccccc1C(=O)N[C@@H](C)c1n[nH]c(=S)n1C. The van der Waals surface area contributed by atoms with Crippen LogP contribution in [0.25, 0.3) is 0 Å². The summed E-state index contributed by atoms with van der Waals surface area (Å²) in [6.07, 6.45) is 0. The molecule has 1 heterocycles. The lowest BCUT2D eigenvalue weighted by atomic mass is 10.1. The Morgan fingerprint density at radius 1 is 1.47 bits per heavy atom. The van der Waals surface area contributed by atoms with E-state index in [0.29, 0.717) is 16.2 Å². The molecule has 0 fully saturated rings. The lowest BCUT2D eigenvalue weighted by molar-refractivity contribution is 0.0937. The van der Waals surface area contributed by atoms with E-state index in [1.54, 1.807) is 10.6 Å². The molecule has 1 amide bonds. The van der Waals surface area contributed by atoms with Gasteiger partial charge in [-0.15, -0.1) is 0 Å². The maximum absolute atomic E-state index is 12.2. The second-order valence-electron chi connectivity index (χ2n) is 4.46. The molecule has 1 aromatic heterocycles. The minimum Gasteiger partial charge on any atom is -0.342 e. The molecule has 0 saturated heterocycles. The number of aromatic amines is 1. The van der Waals surface area contributed by atoms with Crippen LogP contribution in [0.5, 0.6) is 0 Å². The van der Waals surface area contributed by atoms with E-state index >= 15 is 0 Å². The Morgan fingerprint density at radius 3 is 2.74 bits per heavy atom. The van der Waals surface area contributed by atoms with Crippen molar-refractivity contribution >= 4 is 18.1 Å². The average molecular weight is 276 g/mol. The molecule has 1 atom stereocenters. The van der Waals surface area contributed by atoms with E-state index in [1.807, 2.05) is 39.1 Å². The summed E-state index contributed by atoms with van der Waals surface area (Å²) in [6.45, 7) is 3.79.